The fourth-order valence-corrected chi connectivity index (χ4v) is 1.46. The SMILES string of the molecule is CC1CCCCC1=NNC(N)=O. The van der Waals surface area contributed by atoms with Gasteiger partial charge in [0.05, 0.1) is 0 Å². The molecule has 0 aromatic carbocycles. The number of primary amides is 1. The molecule has 0 heterocycles. The van der Waals surface area contributed by atoms with Crippen LogP contribution in [0.2, 0.25) is 0 Å². The number of carbonyl (C=O) groups is 1. The van der Waals surface area contributed by atoms with Gasteiger partial charge in [0.2, 0.25) is 0 Å². The van der Waals surface area contributed by atoms with Crippen molar-refractivity contribution in [2.45, 2.75) is 32.6 Å². The van der Waals surface area contributed by atoms with Gasteiger partial charge >= 0.3 is 6.03 Å². The zero-order valence-corrected chi connectivity index (χ0v) is 7.34. The van der Waals surface area contributed by atoms with E-state index in [0.717, 1.165) is 12.1 Å². The zero-order valence-electron chi connectivity index (χ0n) is 7.34. The van der Waals surface area contributed by atoms with Gasteiger partial charge in [-0.3, -0.25) is 0 Å². The summed E-state index contributed by atoms with van der Waals surface area (Å²) in [6.07, 6.45) is 4.58. The number of carbonyl (C=O) groups excluding carboxylic acids is 1. The van der Waals surface area contributed by atoms with E-state index in [2.05, 4.69) is 17.5 Å². The van der Waals surface area contributed by atoms with Gasteiger partial charge in [0.15, 0.2) is 0 Å². The Kier molecular flexibility index (Phi) is 3.08. The van der Waals surface area contributed by atoms with E-state index in [4.69, 9.17) is 5.73 Å². The molecule has 1 atom stereocenters. The minimum Gasteiger partial charge on any atom is -0.350 e. The Morgan fingerprint density at radius 1 is 1.67 bits per heavy atom. The third-order valence-corrected chi connectivity index (χ3v) is 2.20. The highest BCUT2D eigenvalue weighted by Crippen LogP contribution is 2.20. The second-order valence-corrected chi connectivity index (χ2v) is 3.23. The summed E-state index contributed by atoms with van der Waals surface area (Å²) in [6.45, 7) is 2.13. The van der Waals surface area contributed by atoms with E-state index in [1.54, 1.807) is 0 Å². The number of rotatable bonds is 1. The lowest BCUT2D eigenvalue weighted by Crippen LogP contribution is -2.28. The zero-order chi connectivity index (χ0) is 8.97. The number of hydrazone groups is 1. The van der Waals surface area contributed by atoms with Gasteiger partial charge in [-0.15, -0.1) is 0 Å². The molecule has 4 nitrogen and oxygen atoms in total. The van der Waals surface area contributed by atoms with Gasteiger partial charge in [0.25, 0.3) is 0 Å². The molecule has 4 heteroatoms. The van der Waals surface area contributed by atoms with Crippen LogP contribution in [-0.4, -0.2) is 11.7 Å². The lowest BCUT2D eigenvalue weighted by molar-refractivity contribution is 0.249. The Hall–Kier alpha value is -1.06. The molecule has 1 fully saturated rings. The summed E-state index contributed by atoms with van der Waals surface area (Å²) in [5.41, 5.74) is 8.24. The third-order valence-electron chi connectivity index (χ3n) is 2.20. The predicted molar refractivity (Wildman–Crippen MR) is 47.8 cm³/mol. The average molecular weight is 169 g/mol. The summed E-state index contributed by atoms with van der Waals surface area (Å²) in [6, 6.07) is -0.583. The Labute approximate surface area is 72.2 Å². The van der Waals surface area contributed by atoms with Crippen molar-refractivity contribution in [3.8, 4) is 0 Å². The number of hydrogen-bond acceptors (Lipinski definition) is 2. The number of hydrogen-bond donors (Lipinski definition) is 2. The van der Waals surface area contributed by atoms with Gasteiger partial charge < -0.3 is 5.73 Å². The van der Waals surface area contributed by atoms with Crippen molar-refractivity contribution in [3.63, 3.8) is 0 Å². The van der Waals surface area contributed by atoms with Crippen molar-refractivity contribution >= 4 is 11.7 Å². The Bertz CT molecular complexity index is 200. The fourth-order valence-electron chi connectivity index (χ4n) is 1.46. The van der Waals surface area contributed by atoms with Crippen molar-refractivity contribution in [3.05, 3.63) is 0 Å². The topological polar surface area (TPSA) is 67.5 Å². The van der Waals surface area contributed by atoms with Crippen LogP contribution in [0, 0.1) is 5.92 Å². The lowest BCUT2D eigenvalue weighted by Gasteiger charge is -2.19. The van der Waals surface area contributed by atoms with Crippen molar-refractivity contribution < 1.29 is 4.79 Å². The van der Waals surface area contributed by atoms with E-state index in [-0.39, 0.29) is 0 Å². The smallest absolute Gasteiger partial charge is 0.332 e. The molecule has 1 aliphatic carbocycles. The number of urea groups is 1. The van der Waals surface area contributed by atoms with Crippen LogP contribution in [-0.2, 0) is 0 Å². The first-order valence-corrected chi connectivity index (χ1v) is 4.32. The molecular weight excluding hydrogens is 154 g/mol. The number of nitrogens with two attached hydrogens (primary N) is 1. The first-order chi connectivity index (χ1) is 5.70. The highest BCUT2D eigenvalue weighted by molar-refractivity contribution is 5.88. The standard InChI is InChI=1S/C8H15N3O/c1-6-4-2-3-5-7(6)10-11-8(9)12/h6H,2-5H2,1H3,(H3,9,11,12). The van der Waals surface area contributed by atoms with Crippen LogP contribution in [0.3, 0.4) is 0 Å². The van der Waals surface area contributed by atoms with Crippen LogP contribution in [0.4, 0.5) is 4.79 Å². The second-order valence-electron chi connectivity index (χ2n) is 3.23. The maximum atomic E-state index is 10.4. The van der Waals surface area contributed by atoms with Crippen LogP contribution in [0.5, 0.6) is 0 Å². The molecule has 0 spiro atoms. The summed E-state index contributed by atoms with van der Waals surface area (Å²) in [7, 11) is 0. The molecule has 0 aromatic rings. The number of nitrogens with zero attached hydrogens (tertiary/aromatic N) is 1. The maximum absolute atomic E-state index is 10.4. The number of amides is 2. The van der Waals surface area contributed by atoms with Gasteiger partial charge in [-0.1, -0.05) is 13.3 Å². The van der Waals surface area contributed by atoms with Crippen LogP contribution in [0.1, 0.15) is 32.6 Å². The van der Waals surface area contributed by atoms with Gasteiger partial charge in [-0.05, 0) is 25.2 Å². The minimum atomic E-state index is -0.583. The molecule has 1 unspecified atom stereocenters. The van der Waals surface area contributed by atoms with Crippen molar-refractivity contribution in [1.29, 1.82) is 0 Å². The van der Waals surface area contributed by atoms with Gasteiger partial charge in [-0.2, -0.15) is 5.10 Å². The molecular formula is C8H15N3O. The summed E-state index contributed by atoms with van der Waals surface area (Å²) < 4.78 is 0. The molecule has 2 amide bonds. The van der Waals surface area contributed by atoms with Crippen LogP contribution >= 0.6 is 0 Å². The molecule has 1 aliphatic rings. The largest absolute Gasteiger partial charge is 0.350 e. The predicted octanol–water partition coefficient (Wildman–Crippen LogP) is 1.22. The average Bonchev–Trinajstić information content (AvgIpc) is 2.03. The van der Waals surface area contributed by atoms with E-state index in [9.17, 15) is 4.79 Å². The van der Waals surface area contributed by atoms with E-state index < -0.39 is 6.03 Å². The third kappa shape index (κ3) is 2.53. The molecule has 68 valence electrons. The Balaban J connectivity index is 2.47. The van der Waals surface area contributed by atoms with Crippen LogP contribution in [0.25, 0.3) is 0 Å². The van der Waals surface area contributed by atoms with Gasteiger partial charge in [-0.25, -0.2) is 10.2 Å². The molecule has 0 radical (unpaired) electrons. The first kappa shape index (κ1) is 9.03. The quantitative estimate of drug-likeness (QED) is 0.569. The van der Waals surface area contributed by atoms with E-state index in [1.807, 2.05) is 0 Å². The van der Waals surface area contributed by atoms with Crippen LogP contribution < -0.4 is 11.2 Å². The highest BCUT2D eigenvalue weighted by Gasteiger charge is 2.15. The molecule has 0 aromatic heterocycles. The molecule has 3 N–H and O–H groups in total. The summed E-state index contributed by atoms with van der Waals surface area (Å²) in [4.78, 5) is 10.4. The van der Waals surface area contributed by atoms with Crippen LogP contribution in [0.15, 0.2) is 5.10 Å². The first-order valence-electron chi connectivity index (χ1n) is 4.32. The number of nitrogens with one attached hydrogen (secondary N) is 1. The summed E-state index contributed by atoms with van der Waals surface area (Å²) in [5.74, 6) is 0.491. The maximum Gasteiger partial charge on any atom is 0.332 e. The summed E-state index contributed by atoms with van der Waals surface area (Å²) in [5, 5.41) is 3.96. The summed E-state index contributed by atoms with van der Waals surface area (Å²) >= 11 is 0. The van der Waals surface area contributed by atoms with Crippen molar-refractivity contribution in [2.75, 3.05) is 0 Å². The second kappa shape index (κ2) is 4.09. The van der Waals surface area contributed by atoms with Crippen molar-refractivity contribution in [1.82, 2.24) is 5.43 Å². The molecule has 1 rings (SSSR count). The minimum absolute atomic E-state index is 0.491. The fraction of sp³-hybridized carbons (Fsp3) is 0.750. The molecule has 0 aliphatic heterocycles. The van der Waals surface area contributed by atoms with Gasteiger partial charge in [0, 0.05) is 5.71 Å². The molecule has 0 saturated heterocycles. The Morgan fingerprint density at radius 3 is 3.00 bits per heavy atom. The van der Waals surface area contributed by atoms with Crippen molar-refractivity contribution in [2.24, 2.45) is 16.8 Å². The van der Waals surface area contributed by atoms with Gasteiger partial charge in [0.1, 0.15) is 0 Å². The van der Waals surface area contributed by atoms with E-state index in [0.29, 0.717) is 5.92 Å². The molecule has 0 bridgehead atoms. The molecule has 1 saturated carbocycles. The Morgan fingerprint density at radius 2 is 2.42 bits per heavy atom. The van der Waals surface area contributed by atoms with E-state index in [1.165, 1.54) is 19.3 Å². The lowest BCUT2D eigenvalue weighted by atomic mass is 9.89. The normalized spacial score (nSPS) is 27.1. The molecule has 12 heavy (non-hydrogen) atoms. The monoisotopic (exact) mass is 169 g/mol. The highest BCUT2D eigenvalue weighted by atomic mass is 16.2. The van der Waals surface area contributed by atoms with E-state index >= 15 is 0 Å².